The quantitative estimate of drug-likeness (QED) is 0.646. The average molecular weight is 266 g/mol. The number of aliphatic imine (C=N–C) groups is 1. The van der Waals surface area contributed by atoms with E-state index in [4.69, 9.17) is 11.6 Å². The van der Waals surface area contributed by atoms with E-state index in [1.165, 1.54) is 28.4 Å². The average Bonchev–Trinajstić information content (AvgIpc) is 2.32. The van der Waals surface area contributed by atoms with Crippen LogP contribution in [0.2, 0.25) is 5.02 Å². The van der Waals surface area contributed by atoms with E-state index < -0.39 is 0 Å². The van der Waals surface area contributed by atoms with Crippen LogP contribution >= 0.6 is 23.4 Å². The number of allylic oxidation sites excluding steroid dienone is 2. The van der Waals surface area contributed by atoms with Crippen LogP contribution < -0.4 is 0 Å². The van der Waals surface area contributed by atoms with Gasteiger partial charge in [-0.05, 0) is 62.3 Å². The molecule has 0 radical (unpaired) electrons. The fourth-order valence-corrected chi connectivity index (χ4v) is 2.99. The second kappa shape index (κ2) is 5.74. The summed E-state index contributed by atoms with van der Waals surface area (Å²) in [7, 11) is 0. The SMILES string of the molecule is CC(C)=C1CCC/C(=N\c2ccc(Cl)cc2)S1. The number of hydrogen-bond donors (Lipinski definition) is 0. The molecule has 0 aromatic heterocycles. The van der Waals surface area contributed by atoms with E-state index in [1.807, 2.05) is 36.0 Å². The van der Waals surface area contributed by atoms with Crippen molar-refractivity contribution in [2.24, 2.45) is 4.99 Å². The summed E-state index contributed by atoms with van der Waals surface area (Å²) < 4.78 is 0. The van der Waals surface area contributed by atoms with Crippen LogP contribution in [-0.2, 0) is 0 Å². The highest BCUT2D eigenvalue weighted by molar-refractivity contribution is 8.17. The third-order valence-corrected chi connectivity index (χ3v) is 4.32. The second-order valence-electron chi connectivity index (χ2n) is 4.36. The summed E-state index contributed by atoms with van der Waals surface area (Å²) in [5.41, 5.74) is 2.41. The Morgan fingerprint density at radius 2 is 1.88 bits per heavy atom. The molecular formula is C14H16ClNS. The number of halogens is 1. The molecule has 90 valence electrons. The normalized spacial score (nSPS) is 18.5. The molecule has 0 atom stereocenters. The molecule has 0 unspecified atom stereocenters. The number of thioether (sulfide) groups is 1. The van der Waals surface area contributed by atoms with Crippen LogP contribution in [0.3, 0.4) is 0 Å². The minimum atomic E-state index is 0.759. The predicted molar refractivity (Wildman–Crippen MR) is 78.4 cm³/mol. The van der Waals surface area contributed by atoms with E-state index in [9.17, 15) is 0 Å². The molecule has 2 rings (SSSR count). The highest BCUT2D eigenvalue weighted by atomic mass is 35.5. The fourth-order valence-electron chi connectivity index (χ4n) is 1.73. The van der Waals surface area contributed by atoms with Crippen molar-refractivity contribution in [3.8, 4) is 0 Å². The van der Waals surface area contributed by atoms with Gasteiger partial charge in [0.1, 0.15) is 0 Å². The fraction of sp³-hybridized carbons (Fsp3) is 0.357. The molecule has 1 saturated heterocycles. The maximum absolute atomic E-state index is 5.86. The van der Waals surface area contributed by atoms with E-state index in [0.717, 1.165) is 17.1 Å². The summed E-state index contributed by atoms with van der Waals surface area (Å²) in [6, 6.07) is 7.70. The van der Waals surface area contributed by atoms with Crippen molar-refractivity contribution in [2.75, 3.05) is 0 Å². The van der Waals surface area contributed by atoms with Gasteiger partial charge in [-0.15, -0.1) is 0 Å². The van der Waals surface area contributed by atoms with Crippen molar-refractivity contribution in [3.63, 3.8) is 0 Å². The van der Waals surface area contributed by atoms with Crippen LogP contribution in [0.4, 0.5) is 5.69 Å². The van der Waals surface area contributed by atoms with Gasteiger partial charge in [0, 0.05) is 5.02 Å². The molecule has 17 heavy (non-hydrogen) atoms. The van der Waals surface area contributed by atoms with Crippen LogP contribution in [0.5, 0.6) is 0 Å². The van der Waals surface area contributed by atoms with Gasteiger partial charge in [0.15, 0.2) is 0 Å². The molecular weight excluding hydrogens is 250 g/mol. The maximum atomic E-state index is 5.86. The summed E-state index contributed by atoms with van der Waals surface area (Å²) in [5, 5.41) is 1.98. The summed E-state index contributed by atoms with van der Waals surface area (Å²) >= 11 is 7.69. The van der Waals surface area contributed by atoms with Crippen molar-refractivity contribution < 1.29 is 0 Å². The maximum Gasteiger partial charge on any atom is 0.0783 e. The first-order valence-corrected chi connectivity index (χ1v) is 7.02. The number of hydrogen-bond acceptors (Lipinski definition) is 2. The Kier molecular flexibility index (Phi) is 4.30. The summed E-state index contributed by atoms with van der Waals surface area (Å²) in [5.74, 6) is 0. The molecule has 0 aliphatic carbocycles. The van der Waals surface area contributed by atoms with Gasteiger partial charge < -0.3 is 0 Å². The lowest BCUT2D eigenvalue weighted by Gasteiger charge is -2.17. The summed E-state index contributed by atoms with van der Waals surface area (Å²) in [6.45, 7) is 4.35. The Morgan fingerprint density at radius 3 is 2.53 bits per heavy atom. The van der Waals surface area contributed by atoms with Crippen molar-refractivity contribution in [2.45, 2.75) is 33.1 Å². The molecule has 3 heteroatoms. The van der Waals surface area contributed by atoms with Gasteiger partial charge in [0.25, 0.3) is 0 Å². The van der Waals surface area contributed by atoms with E-state index in [0.29, 0.717) is 0 Å². The Balaban J connectivity index is 2.17. The van der Waals surface area contributed by atoms with Gasteiger partial charge in [-0.25, -0.2) is 4.99 Å². The van der Waals surface area contributed by atoms with E-state index in [2.05, 4.69) is 18.8 Å². The highest BCUT2D eigenvalue weighted by Gasteiger charge is 2.13. The second-order valence-corrected chi connectivity index (χ2v) is 5.97. The van der Waals surface area contributed by atoms with Gasteiger partial charge >= 0.3 is 0 Å². The molecule has 1 fully saturated rings. The first-order chi connectivity index (χ1) is 8.15. The number of rotatable bonds is 1. The van der Waals surface area contributed by atoms with Crippen molar-refractivity contribution in [1.29, 1.82) is 0 Å². The third kappa shape index (κ3) is 3.62. The summed E-state index contributed by atoms with van der Waals surface area (Å²) in [4.78, 5) is 6.15. The Morgan fingerprint density at radius 1 is 1.18 bits per heavy atom. The summed E-state index contributed by atoms with van der Waals surface area (Å²) in [6.07, 6.45) is 3.50. The van der Waals surface area contributed by atoms with Gasteiger partial charge in [-0.2, -0.15) is 0 Å². The van der Waals surface area contributed by atoms with Crippen LogP contribution in [0, 0.1) is 0 Å². The third-order valence-electron chi connectivity index (χ3n) is 2.67. The van der Waals surface area contributed by atoms with Gasteiger partial charge in [-0.3, -0.25) is 0 Å². The molecule has 1 aliphatic heterocycles. The molecule has 1 aromatic rings. The van der Waals surface area contributed by atoms with Gasteiger partial charge in [0.05, 0.1) is 10.7 Å². The first-order valence-electron chi connectivity index (χ1n) is 5.82. The zero-order chi connectivity index (χ0) is 12.3. The van der Waals surface area contributed by atoms with Crippen LogP contribution in [0.15, 0.2) is 39.7 Å². The molecule has 1 aromatic carbocycles. The standard InChI is InChI=1S/C14H16ClNS/c1-10(2)13-4-3-5-14(17-13)16-12-8-6-11(15)7-9-12/h6-9H,3-5H2,1-2H3/b16-14+. The lowest BCUT2D eigenvalue weighted by Crippen LogP contribution is -2.01. The minimum Gasteiger partial charge on any atom is -0.246 e. The van der Waals surface area contributed by atoms with Crippen LogP contribution in [0.25, 0.3) is 0 Å². The van der Waals surface area contributed by atoms with Crippen LogP contribution in [0.1, 0.15) is 33.1 Å². The first kappa shape index (κ1) is 12.7. The highest BCUT2D eigenvalue weighted by Crippen LogP contribution is 2.34. The molecule has 0 bridgehead atoms. The van der Waals surface area contributed by atoms with Crippen LogP contribution in [-0.4, -0.2) is 5.04 Å². The molecule has 0 amide bonds. The zero-order valence-corrected chi connectivity index (χ0v) is 11.7. The minimum absolute atomic E-state index is 0.759. The molecule has 0 N–H and O–H groups in total. The molecule has 1 heterocycles. The Labute approximate surface area is 112 Å². The van der Waals surface area contributed by atoms with Gasteiger partial charge in [-0.1, -0.05) is 28.9 Å². The topological polar surface area (TPSA) is 12.4 Å². The largest absolute Gasteiger partial charge is 0.246 e. The smallest absolute Gasteiger partial charge is 0.0783 e. The molecule has 1 aliphatic rings. The lowest BCUT2D eigenvalue weighted by atomic mass is 10.2. The Bertz CT molecular complexity index is 456. The van der Waals surface area contributed by atoms with E-state index in [1.54, 1.807) is 0 Å². The predicted octanol–water partition coefficient (Wildman–Crippen LogP) is 5.58. The monoisotopic (exact) mass is 265 g/mol. The van der Waals surface area contributed by atoms with Crippen molar-refractivity contribution in [3.05, 3.63) is 39.8 Å². The zero-order valence-electron chi connectivity index (χ0n) is 10.2. The molecule has 1 nitrogen and oxygen atoms in total. The molecule has 0 saturated carbocycles. The van der Waals surface area contributed by atoms with Crippen molar-refractivity contribution >= 4 is 34.1 Å². The number of nitrogens with zero attached hydrogens (tertiary/aromatic N) is 1. The van der Waals surface area contributed by atoms with E-state index >= 15 is 0 Å². The molecule has 0 spiro atoms. The Hall–Kier alpha value is -0.730. The van der Waals surface area contributed by atoms with Gasteiger partial charge in [0.2, 0.25) is 0 Å². The van der Waals surface area contributed by atoms with E-state index in [-0.39, 0.29) is 0 Å². The lowest BCUT2D eigenvalue weighted by molar-refractivity contribution is 0.874. The van der Waals surface area contributed by atoms with Crippen molar-refractivity contribution in [1.82, 2.24) is 0 Å². The number of benzene rings is 1.